The zero-order valence-corrected chi connectivity index (χ0v) is 12.6. The zero-order valence-electron chi connectivity index (χ0n) is 12.6. The van der Waals surface area contributed by atoms with Crippen molar-refractivity contribution in [3.63, 3.8) is 0 Å². The Bertz CT molecular complexity index is 351. The largest absolute Gasteiger partial charge is 0.481 e. The molecular weight excluding hydrogens is 242 g/mol. The summed E-state index contributed by atoms with van der Waals surface area (Å²) in [5.74, 6) is -0.819. The summed E-state index contributed by atoms with van der Waals surface area (Å²) in [5, 5.41) is 12.1. The Labute approximate surface area is 116 Å². The summed E-state index contributed by atoms with van der Waals surface area (Å²) in [6.07, 6.45) is 4.75. The summed E-state index contributed by atoms with van der Waals surface area (Å²) >= 11 is 0. The van der Waals surface area contributed by atoms with Crippen molar-refractivity contribution in [2.24, 2.45) is 16.7 Å². The summed E-state index contributed by atoms with van der Waals surface area (Å²) in [7, 11) is 0. The Hall–Kier alpha value is -1.06. The fourth-order valence-corrected chi connectivity index (χ4v) is 2.74. The molecule has 0 aliphatic heterocycles. The molecule has 19 heavy (non-hydrogen) atoms. The van der Waals surface area contributed by atoms with Crippen molar-refractivity contribution in [3.05, 3.63) is 0 Å². The third-order valence-electron chi connectivity index (χ3n) is 4.77. The van der Waals surface area contributed by atoms with Crippen LogP contribution in [0.25, 0.3) is 0 Å². The normalized spacial score (nSPS) is 25.4. The Morgan fingerprint density at radius 2 is 2.00 bits per heavy atom. The highest BCUT2D eigenvalue weighted by Crippen LogP contribution is 2.40. The molecule has 0 spiro atoms. The van der Waals surface area contributed by atoms with Crippen molar-refractivity contribution < 1.29 is 14.7 Å². The van der Waals surface area contributed by atoms with Crippen LogP contribution in [-0.2, 0) is 9.59 Å². The van der Waals surface area contributed by atoms with Gasteiger partial charge in [0.05, 0.1) is 5.41 Å². The molecule has 1 aliphatic rings. The topological polar surface area (TPSA) is 66.4 Å². The fraction of sp³-hybridized carbons (Fsp3) is 0.867. The summed E-state index contributed by atoms with van der Waals surface area (Å²) in [6.45, 7) is 8.00. The number of amides is 1. The molecule has 0 aromatic carbocycles. The molecule has 2 unspecified atom stereocenters. The highest BCUT2D eigenvalue weighted by atomic mass is 16.4. The Balaban J connectivity index is 2.62. The molecule has 4 heteroatoms. The quantitative estimate of drug-likeness (QED) is 0.806. The number of aliphatic carboxylic acids is 1. The summed E-state index contributed by atoms with van der Waals surface area (Å²) in [5.41, 5.74) is -0.845. The molecule has 1 fully saturated rings. The van der Waals surface area contributed by atoms with Gasteiger partial charge in [-0.3, -0.25) is 9.59 Å². The van der Waals surface area contributed by atoms with Gasteiger partial charge in [0.1, 0.15) is 0 Å². The molecule has 1 amide bonds. The van der Waals surface area contributed by atoms with E-state index in [4.69, 9.17) is 0 Å². The number of hydrogen-bond acceptors (Lipinski definition) is 2. The van der Waals surface area contributed by atoms with Crippen LogP contribution in [0.5, 0.6) is 0 Å². The van der Waals surface area contributed by atoms with E-state index in [9.17, 15) is 14.7 Å². The Morgan fingerprint density at radius 3 is 2.47 bits per heavy atom. The van der Waals surface area contributed by atoms with Crippen LogP contribution in [0.3, 0.4) is 0 Å². The zero-order chi connectivity index (χ0) is 14.7. The molecule has 4 nitrogen and oxygen atoms in total. The lowest BCUT2D eigenvalue weighted by atomic mass is 9.68. The second-order valence-electron chi connectivity index (χ2n) is 6.72. The van der Waals surface area contributed by atoms with Gasteiger partial charge in [-0.25, -0.2) is 0 Å². The van der Waals surface area contributed by atoms with E-state index in [-0.39, 0.29) is 23.8 Å². The van der Waals surface area contributed by atoms with Crippen LogP contribution in [0.4, 0.5) is 0 Å². The van der Waals surface area contributed by atoms with E-state index in [2.05, 4.69) is 19.2 Å². The van der Waals surface area contributed by atoms with Gasteiger partial charge < -0.3 is 10.4 Å². The lowest BCUT2D eigenvalue weighted by molar-refractivity contribution is -0.148. The first-order valence-electron chi connectivity index (χ1n) is 7.24. The maximum absolute atomic E-state index is 12.3. The number of nitrogens with one attached hydrogen (secondary N) is 1. The van der Waals surface area contributed by atoms with Crippen molar-refractivity contribution in [2.45, 2.75) is 59.8 Å². The summed E-state index contributed by atoms with van der Waals surface area (Å²) in [6, 6.07) is 0. The molecule has 0 heterocycles. The maximum Gasteiger partial charge on any atom is 0.311 e. The van der Waals surface area contributed by atoms with Crippen LogP contribution < -0.4 is 5.32 Å². The van der Waals surface area contributed by atoms with Gasteiger partial charge >= 0.3 is 5.97 Å². The third-order valence-corrected chi connectivity index (χ3v) is 4.77. The van der Waals surface area contributed by atoms with Gasteiger partial charge in [0.2, 0.25) is 5.91 Å². The number of carbonyl (C=O) groups is 2. The second kappa shape index (κ2) is 5.93. The average molecular weight is 269 g/mol. The first-order chi connectivity index (χ1) is 8.73. The number of carboxylic acid groups (broad SMARTS) is 1. The molecule has 0 bridgehead atoms. The lowest BCUT2D eigenvalue weighted by Gasteiger charge is -2.38. The van der Waals surface area contributed by atoms with Gasteiger partial charge in [-0.15, -0.1) is 0 Å². The first-order valence-corrected chi connectivity index (χ1v) is 7.24. The third kappa shape index (κ3) is 3.71. The van der Waals surface area contributed by atoms with Gasteiger partial charge in [-0.1, -0.05) is 33.6 Å². The summed E-state index contributed by atoms with van der Waals surface area (Å²) in [4.78, 5) is 23.5. The minimum absolute atomic E-state index is 0.0103. The molecule has 2 atom stereocenters. The van der Waals surface area contributed by atoms with Crippen molar-refractivity contribution >= 4 is 11.9 Å². The highest BCUT2D eigenvalue weighted by Gasteiger charge is 2.38. The second-order valence-corrected chi connectivity index (χ2v) is 6.72. The van der Waals surface area contributed by atoms with Crippen molar-refractivity contribution in [1.29, 1.82) is 0 Å². The predicted molar refractivity (Wildman–Crippen MR) is 74.8 cm³/mol. The van der Waals surface area contributed by atoms with Crippen LogP contribution in [0, 0.1) is 16.7 Å². The number of carboxylic acids is 1. The first kappa shape index (κ1) is 16.0. The predicted octanol–water partition coefficient (Wildman–Crippen LogP) is 2.82. The molecule has 110 valence electrons. The van der Waals surface area contributed by atoms with Gasteiger partial charge in [0, 0.05) is 12.5 Å². The smallest absolute Gasteiger partial charge is 0.311 e. The standard InChI is InChI=1S/C15H27NO3/c1-5-15(4,13(18)19)10-16-12(17)11-8-6-7-9-14(11,2)3/h11H,5-10H2,1-4H3,(H,16,17)(H,18,19). The molecule has 1 aliphatic carbocycles. The van der Waals surface area contributed by atoms with Gasteiger partial charge in [-0.2, -0.15) is 0 Å². The molecule has 0 aromatic rings. The maximum atomic E-state index is 12.3. The van der Waals surface area contributed by atoms with Gasteiger partial charge in [0.15, 0.2) is 0 Å². The van der Waals surface area contributed by atoms with E-state index in [1.165, 1.54) is 6.42 Å². The molecule has 0 aromatic heterocycles. The fourth-order valence-electron chi connectivity index (χ4n) is 2.74. The van der Waals surface area contributed by atoms with Crippen molar-refractivity contribution in [2.75, 3.05) is 6.54 Å². The SMILES string of the molecule is CCC(C)(CNC(=O)C1CCCCC1(C)C)C(=O)O. The van der Waals surface area contributed by atoms with Crippen LogP contribution >= 0.6 is 0 Å². The van der Waals surface area contributed by atoms with E-state index < -0.39 is 11.4 Å². The van der Waals surface area contributed by atoms with E-state index in [1.807, 2.05) is 6.92 Å². The van der Waals surface area contributed by atoms with Crippen LogP contribution in [-0.4, -0.2) is 23.5 Å². The van der Waals surface area contributed by atoms with Crippen molar-refractivity contribution in [1.82, 2.24) is 5.32 Å². The van der Waals surface area contributed by atoms with E-state index >= 15 is 0 Å². The average Bonchev–Trinajstić information content (AvgIpc) is 2.34. The van der Waals surface area contributed by atoms with Gasteiger partial charge in [0.25, 0.3) is 0 Å². The molecule has 1 saturated carbocycles. The minimum Gasteiger partial charge on any atom is -0.481 e. The molecule has 0 saturated heterocycles. The van der Waals surface area contributed by atoms with Crippen molar-refractivity contribution in [3.8, 4) is 0 Å². The molecule has 1 rings (SSSR count). The minimum atomic E-state index is -0.867. The number of hydrogen-bond donors (Lipinski definition) is 2. The van der Waals surface area contributed by atoms with Crippen LogP contribution in [0.1, 0.15) is 59.8 Å². The Morgan fingerprint density at radius 1 is 1.37 bits per heavy atom. The van der Waals surface area contributed by atoms with E-state index in [0.29, 0.717) is 6.42 Å². The number of rotatable bonds is 5. The van der Waals surface area contributed by atoms with E-state index in [1.54, 1.807) is 6.92 Å². The lowest BCUT2D eigenvalue weighted by Crippen LogP contribution is -2.46. The summed E-state index contributed by atoms with van der Waals surface area (Å²) < 4.78 is 0. The molecule has 0 radical (unpaired) electrons. The van der Waals surface area contributed by atoms with Crippen LogP contribution in [0.15, 0.2) is 0 Å². The molecular formula is C15H27NO3. The van der Waals surface area contributed by atoms with E-state index in [0.717, 1.165) is 19.3 Å². The number of carbonyl (C=O) groups excluding carboxylic acids is 1. The molecule has 2 N–H and O–H groups in total. The van der Waals surface area contributed by atoms with Crippen LogP contribution in [0.2, 0.25) is 0 Å². The highest BCUT2D eigenvalue weighted by molar-refractivity contribution is 5.81. The Kier molecular flexibility index (Phi) is 4.99. The van der Waals surface area contributed by atoms with Gasteiger partial charge in [-0.05, 0) is 31.6 Å². The monoisotopic (exact) mass is 269 g/mol.